The summed E-state index contributed by atoms with van der Waals surface area (Å²) in [5.74, 6) is 0. The highest BCUT2D eigenvalue weighted by atomic mass is 32.2. The molecule has 7 heteroatoms. The Balaban J connectivity index is 1.77. The van der Waals surface area contributed by atoms with E-state index in [0.29, 0.717) is 30.6 Å². The van der Waals surface area contributed by atoms with Crippen LogP contribution in [-0.4, -0.2) is 44.3 Å². The molecule has 4 rings (SSSR count). The summed E-state index contributed by atoms with van der Waals surface area (Å²) in [6.07, 6.45) is 0. The third-order valence-corrected chi connectivity index (χ3v) is 6.82. The van der Waals surface area contributed by atoms with Crippen LogP contribution in [0.25, 0.3) is 11.0 Å². The topological polar surface area (TPSA) is 70.8 Å². The van der Waals surface area contributed by atoms with Crippen LogP contribution in [0.1, 0.15) is 11.6 Å². The standard InChI is InChI=1S/C20H20N2O4S/c1-21-11-12-22(18(14-21)15-5-3-2-4-6-15)27(24,25)17-8-9-19-16(13-17)7-10-20(23)26-19/h2-10,13,18H,11-12,14H2,1H3. The highest BCUT2D eigenvalue weighted by Crippen LogP contribution is 2.31. The van der Waals surface area contributed by atoms with Crippen molar-refractivity contribution >= 4 is 21.0 Å². The fourth-order valence-corrected chi connectivity index (χ4v) is 5.12. The molecule has 0 saturated carbocycles. The number of fused-ring (bicyclic) bond motifs is 1. The first-order chi connectivity index (χ1) is 12.9. The van der Waals surface area contributed by atoms with Crippen LogP contribution in [0.2, 0.25) is 0 Å². The minimum Gasteiger partial charge on any atom is -0.423 e. The van der Waals surface area contributed by atoms with E-state index in [4.69, 9.17) is 4.42 Å². The Bertz CT molecular complexity index is 1130. The van der Waals surface area contributed by atoms with Crippen LogP contribution in [0, 0.1) is 0 Å². The Kier molecular flexibility index (Phi) is 4.59. The minimum absolute atomic E-state index is 0.203. The molecular formula is C20H20N2O4S. The summed E-state index contributed by atoms with van der Waals surface area (Å²) in [5.41, 5.74) is 0.889. The number of rotatable bonds is 3. The van der Waals surface area contributed by atoms with Gasteiger partial charge >= 0.3 is 5.63 Å². The molecule has 0 radical (unpaired) electrons. The SMILES string of the molecule is CN1CCN(S(=O)(=O)c2ccc3oc(=O)ccc3c2)C(c2ccccc2)C1. The van der Waals surface area contributed by atoms with E-state index in [0.717, 1.165) is 5.56 Å². The Morgan fingerprint density at radius 2 is 1.78 bits per heavy atom. The van der Waals surface area contributed by atoms with Gasteiger partial charge in [-0.1, -0.05) is 30.3 Å². The molecule has 1 atom stereocenters. The van der Waals surface area contributed by atoms with Crippen molar-refractivity contribution in [3.8, 4) is 0 Å². The molecule has 3 aromatic rings. The van der Waals surface area contributed by atoms with Crippen LogP contribution in [0.4, 0.5) is 0 Å². The molecule has 0 bridgehead atoms. The lowest BCUT2D eigenvalue weighted by Gasteiger charge is -2.39. The van der Waals surface area contributed by atoms with Gasteiger partial charge in [0.25, 0.3) is 0 Å². The van der Waals surface area contributed by atoms with E-state index in [1.165, 1.54) is 18.2 Å². The number of piperazine rings is 1. The van der Waals surface area contributed by atoms with Crippen molar-refractivity contribution in [3.05, 3.63) is 76.6 Å². The van der Waals surface area contributed by atoms with E-state index in [-0.39, 0.29) is 10.9 Å². The van der Waals surface area contributed by atoms with Crippen molar-refractivity contribution < 1.29 is 12.8 Å². The van der Waals surface area contributed by atoms with Gasteiger partial charge in [0.05, 0.1) is 10.9 Å². The maximum atomic E-state index is 13.4. The first-order valence-electron chi connectivity index (χ1n) is 8.74. The van der Waals surface area contributed by atoms with Gasteiger partial charge < -0.3 is 9.32 Å². The van der Waals surface area contributed by atoms with Crippen molar-refractivity contribution in [1.82, 2.24) is 9.21 Å². The molecule has 2 heterocycles. The number of sulfonamides is 1. The average molecular weight is 384 g/mol. The Morgan fingerprint density at radius 3 is 2.56 bits per heavy atom. The predicted octanol–water partition coefficient (Wildman–Crippen LogP) is 2.47. The molecule has 1 aliphatic heterocycles. The van der Waals surface area contributed by atoms with Crippen molar-refractivity contribution in [3.63, 3.8) is 0 Å². The second kappa shape index (κ2) is 6.92. The van der Waals surface area contributed by atoms with Crippen molar-refractivity contribution in [2.75, 3.05) is 26.7 Å². The first kappa shape index (κ1) is 17.9. The molecule has 1 unspecified atom stereocenters. The van der Waals surface area contributed by atoms with E-state index in [1.807, 2.05) is 37.4 Å². The lowest BCUT2D eigenvalue weighted by molar-refractivity contribution is 0.161. The summed E-state index contributed by atoms with van der Waals surface area (Å²) >= 11 is 0. The molecule has 1 fully saturated rings. The summed E-state index contributed by atoms with van der Waals surface area (Å²) < 4.78 is 33.5. The van der Waals surface area contributed by atoms with Gasteiger partial charge in [0.2, 0.25) is 10.0 Å². The summed E-state index contributed by atoms with van der Waals surface area (Å²) in [5, 5.41) is 0.584. The van der Waals surface area contributed by atoms with Crippen molar-refractivity contribution in [1.29, 1.82) is 0 Å². The van der Waals surface area contributed by atoms with E-state index < -0.39 is 15.6 Å². The largest absolute Gasteiger partial charge is 0.423 e. The zero-order valence-corrected chi connectivity index (χ0v) is 15.7. The third kappa shape index (κ3) is 3.41. The van der Waals surface area contributed by atoms with E-state index in [9.17, 15) is 13.2 Å². The van der Waals surface area contributed by atoms with E-state index in [1.54, 1.807) is 16.4 Å². The number of hydrogen-bond acceptors (Lipinski definition) is 5. The molecule has 0 amide bonds. The first-order valence-corrected chi connectivity index (χ1v) is 10.2. The molecule has 6 nitrogen and oxygen atoms in total. The monoisotopic (exact) mass is 384 g/mol. The quantitative estimate of drug-likeness (QED) is 0.649. The average Bonchev–Trinajstić information content (AvgIpc) is 2.68. The summed E-state index contributed by atoms with van der Waals surface area (Å²) in [6, 6.07) is 16.9. The maximum Gasteiger partial charge on any atom is 0.336 e. The molecule has 1 aromatic heterocycles. The smallest absolute Gasteiger partial charge is 0.336 e. The molecule has 27 heavy (non-hydrogen) atoms. The third-order valence-electron chi connectivity index (χ3n) is 4.92. The van der Waals surface area contributed by atoms with E-state index >= 15 is 0 Å². The lowest BCUT2D eigenvalue weighted by Crippen LogP contribution is -2.49. The van der Waals surface area contributed by atoms with Crippen LogP contribution < -0.4 is 5.63 Å². The molecule has 0 spiro atoms. The summed E-state index contributed by atoms with van der Waals surface area (Å²) in [6.45, 7) is 1.72. The zero-order chi connectivity index (χ0) is 19.0. The van der Waals surface area contributed by atoms with Gasteiger partial charge in [-0.15, -0.1) is 0 Å². The van der Waals surface area contributed by atoms with Gasteiger partial charge in [-0.3, -0.25) is 0 Å². The second-order valence-electron chi connectivity index (χ2n) is 6.76. The van der Waals surface area contributed by atoms with Crippen LogP contribution in [0.15, 0.2) is 74.8 Å². The Labute approximate surface area is 157 Å². The van der Waals surface area contributed by atoms with Gasteiger partial charge in [-0.2, -0.15) is 4.31 Å². The van der Waals surface area contributed by atoms with Gasteiger partial charge in [0.15, 0.2) is 0 Å². The highest BCUT2D eigenvalue weighted by molar-refractivity contribution is 7.89. The van der Waals surface area contributed by atoms with Crippen molar-refractivity contribution in [2.45, 2.75) is 10.9 Å². The van der Waals surface area contributed by atoms with Crippen LogP contribution in [-0.2, 0) is 10.0 Å². The fourth-order valence-electron chi connectivity index (χ4n) is 3.48. The summed E-state index contributed by atoms with van der Waals surface area (Å²) in [4.78, 5) is 13.7. The normalized spacial score (nSPS) is 19.4. The van der Waals surface area contributed by atoms with Crippen LogP contribution in [0.3, 0.4) is 0 Å². The molecule has 1 saturated heterocycles. The van der Waals surface area contributed by atoms with Gasteiger partial charge in [0.1, 0.15) is 5.58 Å². The number of nitrogens with zero attached hydrogens (tertiary/aromatic N) is 2. The highest BCUT2D eigenvalue weighted by Gasteiger charge is 2.36. The number of likely N-dealkylation sites (N-methyl/N-ethyl adjacent to an activating group) is 1. The summed E-state index contributed by atoms with van der Waals surface area (Å²) in [7, 11) is -1.70. The molecule has 0 N–H and O–H groups in total. The number of benzene rings is 2. The molecule has 1 aliphatic rings. The van der Waals surface area contributed by atoms with Gasteiger partial charge in [0, 0.05) is 31.1 Å². The Hall–Kier alpha value is -2.48. The molecule has 0 aliphatic carbocycles. The number of hydrogen-bond donors (Lipinski definition) is 0. The zero-order valence-electron chi connectivity index (χ0n) is 14.9. The Morgan fingerprint density at radius 1 is 1.00 bits per heavy atom. The van der Waals surface area contributed by atoms with Crippen LogP contribution in [0.5, 0.6) is 0 Å². The molecular weight excluding hydrogens is 364 g/mol. The predicted molar refractivity (Wildman–Crippen MR) is 103 cm³/mol. The lowest BCUT2D eigenvalue weighted by atomic mass is 10.1. The van der Waals surface area contributed by atoms with Gasteiger partial charge in [-0.25, -0.2) is 13.2 Å². The molecule has 2 aromatic carbocycles. The molecule has 140 valence electrons. The van der Waals surface area contributed by atoms with E-state index in [2.05, 4.69) is 4.90 Å². The fraction of sp³-hybridized carbons (Fsp3) is 0.250. The second-order valence-corrected chi connectivity index (χ2v) is 8.65. The maximum absolute atomic E-state index is 13.4. The van der Waals surface area contributed by atoms with Crippen molar-refractivity contribution in [2.24, 2.45) is 0 Å². The van der Waals surface area contributed by atoms with Gasteiger partial charge in [-0.05, 0) is 36.9 Å². The van der Waals surface area contributed by atoms with Crippen LogP contribution >= 0.6 is 0 Å². The minimum atomic E-state index is -3.70.